The standard InChI is InChI=1S/C9H8F2IN3/c10-9(11)8-5(1-2-13)6(3-14)7(12)4-15-8/h4,9H,1,3,14H2. The molecular weight excluding hydrogens is 315 g/mol. The minimum Gasteiger partial charge on any atom is -0.326 e. The van der Waals surface area contributed by atoms with E-state index in [1.54, 1.807) is 0 Å². The summed E-state index contributed by atoms with van der Waals surface area (Å²) in [6, 6.07) is 1.85. The molecule has 1 aromatic rings. The van der Waals surface area contributed by atoms with Gasteiger partial charge in [-0.1, -0.05) is 0 Å². The maximum atomic E-state index is 12.6. The molecule has 0 spiro atoms. The third-order valence-corrected chi connectivity index (χ3v) is 2.88. The average Bonchev–Trinajstić information content (AvgIpc) is 2.18. The van der Waals surface area contributed by atoms with Gasteiger partial charge in [-0.25, -0.2) is 8.78 Å². The maximum Gasteiger partial charge on any atom is 0.280 e. The van der Waals surface area contributed by atoms with Crippen LogP contribution in [0.3, 0.4) is 0 Å². The van der Waals surface area contributed by atoms with Gasteiger partial charge in [-0.3, -0.25) is 4.98 Å². The number of nitriles is 1. The van der Waals surface area contributed by atoms with E-state index in [0.717, 1.165) is 0 Å². The van der Waals surface area contributed by atoms with E-state index in [-0.39, 0.29) is 24.2 Å². The maximum absolute atomic E-state index is 12.6. The first-order valence-corrected chi connectivity index (χ1v) is 5.21. The van der Waals surface area contributed by atoms with E-state index in [1.165, 1.54) is 6.20 Å². The van der Waals surface area contributed by atoms with Crippen LogP contribution < -0.4 is 5.73 Å². The fourth-order valence-electron chi connectivity index (χ4n) is 1.27. The molecule has 0 atom stereocenters. The molecule has 0 aliphatic carbocycles. The lowest BCUT2D eigenvalue weighted by atomic mass is 10.0. The Hall–Kier alpha value is -0.810. The third kappa shape index (κ3) is 2.60. The molecule has 1 rings (SSSR count). The average molecular weight is 323 g/mol. The van der Waals surface area contributed by atoms with Crippen molar-refractivity contribution in [2.75, 3.05) is 0 Å². The van der Waals surface area contributed by atoms with Gasteiger partial charge in [0.05, 0.1) is 12.5 Å². The van der Waals surface area contributed by atoms with Gasteiger partial charge in [-0.05, 0) is 33.7 Å². The molecular formula is C9H8F2IN3. The zero-order chi connectivity index (χ0) is 11.4. The van der Waals surface area contributed by atoms with Gasteiger partial charge in [0, 0.05) is 16.3 Å². The van der Waals surface area contributed by atoms with Gasteiger partial charge in [0.2, 0.25) is 0 Å². The van der Waals surface area contributed by atoms with E-state index in [0.29, 0.717) is 9.13 Å². The second-order valence-electron chi connectivity index (χ2n) is 2.79. The first-order chi connectivity index (χ1) is 7.11. The number of aromatic nitrogens is 1. The molecule has 0 radical (unpaired) electrons. The highest BCUT2D eigenvalue weighted by Crippen LogP contribution is 2.26. The van der Waals surface area contributed by atoms with Crippen LogP contribution in [-0.2, 0) is 13.0 Å². The molecule has 0 saturated carbocycles. The van der Waals surface area contributed by atoms with Crippen molar-refractivity contribution in [3.63, 3.8) is 0 Å². The molecule has 6 heteroatoms. The molecule has 0 saturated heterocycles. The molecule has 0 aliphatic heterocycles. The lowest BCUT2D eigenvalue weighted by Gasteiger charge is -2.11. The van der Waals surface area contributed by atoms with E-state index < -0.39 is 6.43 Å². The molecule has 1 aromatic heterocycles. The molecule has 0 aromatic carbocycles. The Labute approximate surface area is 99.4 Å². The number of hydrogen-bond donors (Lipinski definition) is 1. The Morgan fingerprint density at radius 3 is 2.67 bits per heavy atom. The highest BCUT2D eigenvalue weighted by Gasteiger charge is 2.18. The van der Waals surface area contributed by atoms with Gasteiger partial charge in [-0.15, -0.1) is 0 Å². The van der Waals surface area contributed by atoms with E-state index in [9.17, 15) is 8.78 Å². The van der Waals surface area contributed by atoms with Crippen molar-refractivity contribution in [3.05, 3.63) is 26.6 Å². The summed E-state index contributed by atoms with van der Waals surface area (Å²) in [7, 11) is 0. The van der Waals surface area contributed by atoms with Crippen LogP contribution in [0.2, 0.25) is 0 Å². The minimum absolute atomic E-state index is 0.0873. The zero-order valence-corrected chi connectivity index (χ0v) is 9.83. The second-order valence-corrected chi connectivity index (χ2v) is 3.95. The molecule has 0 unspecified atom stereocenters. The normalized spacial score (nSPS) is 10.4. The molecule has 80 valence electrons. The van der Waals surface area contributed by atoms with Crippen molar-refractivity contribution in [1.29, 1.82) is 5.26 Å². The van der Waals surface area contributed by atoms with Gasteiger partial charge in [0.25, 0.3) is 6.43 Å². The van der Waals surface area contributed by atoms with Crippen LogP contribution in [0.15, 0.2) is 6.20 Å². The van der Waals surface area contributed by atoms with Gasteiger partial charge < -0.3 is 5.73 Å². The molecule has 0 amide bonds. The van der Waals surface area contributed by atoms with Crippen LogP contribution in [0.5, 0.6) is 0 Å². The number of nitrogens with zero attached hydrogens (tertiary/aromatic N) is 2. The second kappa shape index (κ2) is 5.32. The van der Waals surface area contributed by atoms with Crippen molar-refractivity contribution < 1.29 is 8.78 Å². The fraction of sp³-hybridized carbons (Fsp3) is 0.333. The molecule has 0 bridgehead atoms. The van der Waals surface area contributed by atoms with Gasteiger partial charge in [-0.2, -0.15) is 5.26 Å². The summed E-state index contributed by atoms with van der Waals surface area (Å²) in [5.74, 6) is 0. The number of pyridine rings is 1. The van der Waals surface area contributed by atoms with Gasteiger partial charge >= 0.3 is 0 Å². The largest absolute Gasteiger partial charge is 0.326 e. The fourth-order valence-corrected chi connectivity index (χ4v) is 1.95. The smallest absolute Gasteiger partial charge is 0.280 e. The van der Waals surface area contributed by atoms with Gasteiger partial charge in [0.1, 0.15) is 5.69 Å². The molecule has 3 nitrogen and oxygen atoms in total. The number of halogens is 3. The lowest BCUT2D eigenvalue weighted by molar-refractivity contribution is 0.145. The number of rotatable bonds is 3. The first kappa shape index (κ1) is 12.3. The highest BCUT2D eigenvalue weighted by atomic mass is 127. The minimum atomic E-state index is -2.67. The summed E-state index contributed by atoms with van der Waals surface area (Å²) in [5, 5.41) is 8.57. The van der Waals surface area contributed by atoms with Crippen molar-refractivity contribution in [1.82, 2.24) is 4.98 Å². The van der Waals surface area contributed by atoms with Crippen LogP contribution >= 0.6 is 22.6 Å². The Balaban J connectivity index is 3.36. The summed E-state index contributed by atoms with van der Waals surface area (Å²) in [6.07, 6.45) is -1.41. The number of nitrogens with two attached hydrogens (primary N) is 1. The van der Waals surface area contributed by atoms with Crippen LogP contribution in [0, 0.1) is 14.9 Å². The van der Waals surface area contributed by atoms with Crippen LogP contribution in [-0.4, -0.2) is 4.98 Å². The highest BCUT2D eigenvalue weighted by molar-refractivity contribution is 14.1. The molecule has 1 heterocycles. The van der Waals surface area contributed by atoms with E-state index in [2.05, 4.69) is 4.98 Å². The summed E-state index contributed by atoms with van der Waals surface area (Å²) in [6.45, 7) is 0.136. The van der Waals surface area contributed by atoms with Crippen molar-refractivity contribution in [3.8, 4) is 6.07 Å². The molecule has 2 N–H and O–H groups in total. The Morgan fingerprint density at radius 2 is 2.20 bits per heavy atom. The summed E-state index contributed by atoms with van der Waals surface area (Å²) in [5.41, 5.74) is 5.98. The predicted molar refractivity (Wildman–Crippen MR) is 59.1 cm³/mol. The van der Waals surface area contributed by atoms with E-state index >= 15 is 0 Å². The third-order valence-electron chi connectivity index (χ3n) is 1.95. The number of alkyl halides is 2. The summed E-state index contributed by atoms with van der Waals surface area (Å²) >= 11 is 1.97. The molecule has 0 aliphatic rings. The SMILES string of the molecule is N#CCc1c(C(F)F)ncc(I)c1CN. The quantitative estimate of drug-likeness (QED) is 0.867. The topological polar surface area (TPSA) is 62.7 Å². The van der Waals surface area contributed by atoms with E-state index in [4.69, 9.17) is 11.0 Å². The molecule has 0 fully saturated rings. The monoisotopic (exact) mass is 323 g/mol. The van der Waals surface area contributed by atoms with Crippen molar-refractivity contribution in [2.24, 2.45) is 5.73 Å². The first-order valence-electron chi connectivity index (χ1n) is 4.13. The van der Waals surface area contributed by atoms with E-state index in [1.807, 2.05) is 28.7 Å². The summed E-state index contributed by atoms with van der Waals surface area (Å²) < 4.78 is 25.9. The zero-order valence-electron chi connectivity index (χ0n) is 7.67. The van der Waals surface area contributed by atoms with Gasteiger partial charge in [0.15, 0.2) is 0 Å². The van der Waals surface area contributed by atoms with Crippen LogP contribution in [0.1, 0.15) is 23.2 Å². The van der Waals surface area contributed by atoms with Crippen LogP contribution in [0.4, 0.5) is 8.78 Å². The number of hydrogen-bond acceptors (Lipinski definition) is 3. The Bertz CT molecular complexity index is 401. The lowest BCUT2D eigenvalue weighted by Crippen LogP contribution is -2.09. The Kier molecular flexibility index (Phi) is 4.35. The van der Waals surface area contributed by atoms with Crippen LogP contribution in [0.25, 0.3) is 0 Å². The summed E-state index contributed by atoms with van der Waals surface area (Å²) in [4.78, 5) is 3.64. The molecule has 15 heavy (non-hydrogen) atoms. The van der Waals surface area contributed by atoms with Crippen molar-refractivity contribution >= 4 is 22.6 Å². The predicted octanol–water partition coefficient (Wildman–Crippen LogP) is 2.15. The Morgan fingerprint density at radius 1 is 1.53 bits per heavy atom. The van der Waals surface area contributed by atoms with Crippen molar-refractivity contribution in [2.45, 2.75) is 19.4 Å².